The normalized spacial score (nSPS) is 15.2. The van der Waals surface area contributed by atoms with Gasteiger partial charge >= 0.3 is 5.97 Å². The molecule has 0 saturated heterocycles. The topological polar surface area (TPSA) is 69.9 Å². The number of fused-ring (bicyclic) bond motifs is 1. The Bertz CT molecular complexity index is 1670. The van der Waals surface area contributed by atoms with E-state index in [0.29, 0.717) is 26.4 Å². The molecule has 0 aliphatic carbocycles. The molecule has 1 atom stereocenters. The van der Waals surface area contributed by atoms with Crippen LogP contribution in [0.4, 0.5) is 0 Å². The third-order valence-electron chi connectivity index (χ3n) is 5.95. The third kappa shape index (κ3) is 5.03. The van der Waals surface area contributed by atoms with Crippen LogP contribution >= 0.6 is 33.9 Å². The molecule has 1 aliphatic heterocycles. The van der Waals surface area contributed by atoms with Crippen molar-refractivity contribution in [3.05, 3.63) is 124 Å². The lowest BCUT2D eigenvalue weighted by Crippen LogP contribution is -2.40. The molecule has 2 heterocycles. The van der Waals surface area contributed by atoms with Gasteiger partial charge in [-0.25, -0.2) is 9.79 Å². The summed E-state index contributed by atoms with van der Waals surface area (Å²) in [6.07, 6.45) is 1.87. The summed E-state index contributed by atoms with van der Waals surface area (Å²) >= 11 is 3.56. The van der Waals surface area contributed by atoms with Gasteiger partial charge in [0.25, 0.3) is 5.56 Å². The minimum absolute atomic E-state index is 0.205. The molecule has 6 nitrogen and oxygen atoms in total. The van der Waals surface area contributed by atoms with Crippen LogP contribution < -0.4 is 19.6 Å². The second-order valence-corrected chi connectivity index (χ2v) is 10.5. The summed E-state index contributed by atoms with van der Waals surface area (Å²) in [5.74, 6) is 0.178. The molecule has 0 N–H and O–H groups in total. The van der Waals surface area contributed by atoms with Crippen LogP contribution in [0.3, 0.4) is 0 Å². The Morgan fingerprint density at radius 2 is 1.84 bits per heavy atom. The van der Waals surface area contributed by atoms with E-state index in [1.54, 1.807) is 18.6 Å². The van der Waals surface area contributed by atoms with Crippen molar-refractivity contribution in [1.29, 1.82) is 0 Å². The maximum atomic E-state index is 13.9. The van der Waals surface area contributed by atoms with E-state index in [9.17, 15) is 9.59 Å². The molecule has 1 aromatic heterocycles. The summed E-state index contributed by atoms with van der Waals surface area (Å²) in [6.45, 7) is 1.97. The largest absolute Gasteiger partial charge is 0.497 e. The van der Waals surface area contributed by atoms with E-state index < -0.39 is 12.0 Å². The minimum Gasteiger partial charge on any atom is -0.497 e. The van der Waals surface area contributed by atoms with Crippen LogP contribution in [-0.2, 0) is 9.53 Å². The lowest BCUT2D eigenvalue weighted by atomic mass is 9.93. The average Bonchev–Trinajstić information content (AvgIpc) is 3.22. The number of ether oxygens (including phenoxy) is 2. The van der Waals surface area contributed by atoms with E-state index in [-0.39, 0.29) is 12.2 Å². The van der Waals surface area contributed by atoms with Crippen molar-refractivity contribution in [2.45, 2.75) is 13.0 Å². The zero-order valence-corrected chi connectivity index (χ0v) is 23.2. The lowest BCUT2D eigenvalue weighted by molar-refractivity contribution is -0.138. The molecule has 5 rings (SSSR count). The highest BCUT2D eigenvalue weighted by molar-refractivity contribution is 14.1. The molecule has 8 heteroatoms. The molecule has 0 saturated carbocycles. The summed E-state index contributed by atoms with van der Waals surface area (Å²) in [5, 5.41) is 0. The molecule has 0 amide bonds. The molecular weight excluding hydrogens is 599 g/mol. The number of halogens is 1. The van der Waals surface area contributed by atoms with Crippen LogP contribution in [-0.4, -0.2) is 24.3 Å². The van der Waals surface area contributed by atoms with Gasteiger partial charge in [-0.1, -0.05) is 65.9 Å². The number of thiazole rings is 1. The Balaban J connectivity index is 1.82. The van der Waals surface area contributed by atoms with E-state index in [0.717, 1.165) is 20.3 Å². The predicted octanol–water partition coefficient (Wildman–Crippen LogP) is 4.55. The molecule has 0 unspecified atom stereocenters. The van der Waals surface area contributed by atoms with Crippen molar-refractivity contribution in [3.63, 3.8) is 0 Å². The van der Waals surface area contributed by atoms with Crippen LogP contribution in [0, 0.1) is 3.57 Å². The zero-order valence-electron chi connectivity index (χ0n) is 20.2. The number of hydrogen-bond acceptors (Lipinski definition) is 6. The Morgan fingerprint density at radius 3 is 2.51 bits per heavy atom. The highest BCUT2D eigenvalue weighted by Gasteiger charge is 2.35. The standard InChI is InChI=1S/C29H23IN2O4S/c1-3-36-28(34)24-25(19-9-5-4-6-10-19)31-29-32(26(24)20-12-14-22(35-2)15-13-20)27(33)23(37-29)17-18-8-7-11-21(30)16-18/h4-17,26H,3H2,1-2H3/b23-17+/t26-/m0/s1. The van der Waals surface area contributed by atoms with Gasteiger partial charge in [0.05, 0.1) is 35.6 Å². The van der Waals surface area contributed by atoms with Crippen LogP contribution in [0.5, 0.6) is 5.75 Å². The first-order chi connectivity index (χ1) is 18.0. The molecule has 37 heavy (non-hydrogen) atoms. The van der Waals surface area contributed by atoms with Gasteiger partial charge < -0.3 is 9.47 Å². The molecular formula is C29H23IN2O4S. The van der Waals surface area contributed by atoms with E-state index in [1.807, 2.05) is 84.9 Å². The Hall–Kier alpha value is -3.50. The number of carbonyl (C=O) groups is 1. The lowest BCUT2D eigenvalue weighted by Gasteiger charge is -2.26. The number of rotatable bonds is 6. The van der Waals surface area contributed by atoms with Gasteiger partial charge in [-0.15, -0.1) is 0 Å². The number of hydrogen-bond donors (Lipinski definition) is 0. The van der Waals surface area contributed by atoms with Crippen LogP contribution in [0.15, 0.2) is 94.2 Å². The summed E-state index contributed by atoms with van der Waals surface area (Å²) in [7, 11) is 1.60. The molecule has 0 spiro atoms. The monoisotopic (exact) mass is 622 g/mol. The molecule has 0 fully saturated rings. The van der Waals surface area contributed by atoms with Crippen LogP contribution in [0.1, 0.15) is 29.7 Å². The maximum Gasteiger partial charge on any atom is 0.338 e. The highest BCUT2D eigenvalue weighted by atomic mass is 127. The number of esters is 1. The van der Waals surface area contributed by atoms with Crippen molar-refractivity contribution in [1.82, 2.24) is 4.57 Å². The number of methoxy groups -OCH3 is 1. The van der Waals surface area contributed by atoms with Gasteiger partial charge in [-0.3, -0.25) is 9.36 Å². The Kier molecular flexibility index (Phi) is 7.38. The first-order valence-electron chi connectivity index (χ1n) is 11.7. The van der Waals surface area contributed by atoms with Gasteiger partial charge in [-0.2, -0.15) is 0 Å². The number of carbonyl (C=O) groups excluding carboxylic acids is 1. The number of benzene rings is 3. The number of aromatic nitrogens is 1. The van der Waals surface area contributed by atoms with Gasteiger partial charge in [0.1, 0.15) is 5.75 Å². The summed E-state index contributed by atoms with van der Waals surface area (Å²) in [4.78, 5) is 32.7. The predicted molar refractivity (Wildman–Crippen MR) is 153 cm³/mol. The summed E-state index contributed by atoms with van der Waals surface area (Å²) in [5.41, 5.74) is 3.07. The zero-order chi connectivity index (χ0) is 25.9. The first kappa shape index (κ1) is 25.2. The van der Waals surface area contributed by atoms with Crippen molar-refractivity contribution in [2.75, 3.05) is 13.7 Å². The van der Waals surface area contributed by atoms with Gasteiger partial charge in [0, 0.05) is 9.13 Å². The Morgan fingerprint density at radius 1 is 1.08 bits per heavy atom. The molecule has 0 radical (unpaired) electrons. The maximum absolute atomic E-state index is 13.9. The van der Waals surface area contributed by atoms with E-state index >= 15 is 0 Å². The minimum atomic E-state index is -0.713. The van der Waals surface area contributed by atoms with Gasteiger partial charge in [-0.05, 0) is 71.0 Å². The SMILES string of the molecule is CCOC(=O)C1=C(c2ccccc2)N=c2s/c(=C/c3cccc(I)c3)c(=O)n2[C@H]1c1ccc(OC)cc1. The van der Waals surface area contributed by atoms with Crippen LogP contribution in [0.2, 0.25) is 0 Å². The van der Waals surface area contributed by atoms with Crippen LogP contribution in [0.25, 0.3) is 11.8 Å². The average molecular weight is 622 g/mol. The molecule has 186 valence electrons. The molecule has 1 aliphatic rings. The van der Waals surface area contributed by atoms with E-state index in [2.05, 4.69) is 22.6 Å². The molecule has 4 aromatic rings. The van der Waals surface area contributed by atoms with E-state index in [4.69, 9.17) is 14.5 Å². The second kappa shape index (κ2) is 10.9. The fraction of sp³-hybridized carbons (Fsp3) is 0.138. The molecule has 3 aromatic carbocycles. The van der Waals surface area contributed by atoms with E-state index in [1.165, 1.54) is 11.3 Å². The fourth-order valence-electron chi connectivity index (χ4n) is 4.29. The van der Waals surface area contributed by atoms with Gasteiger partial charge in [0.2, 0.25) is 0 Å². The summed E-state index contributed by atoms with van der Waals surface area (Å²) in [6, 6.07) is 24.1. The van der Waals surface area contributed by atoms with Crippen molar-refractivity contribution >= 4 is 51.7 Å². The van der Waals surface area contributed by atoms with Gasteiger partial charge in [0.15, 0.2) is 4.80 Å². The summed E-state index contributed by atoms with van der Waals surface area (Å²) < 4.78 is 14.1. The Labute approximate surface area is 231 Å². The highest BCUT2D eigenvalue weighted by Crippen LogP contribution is 2.35. The molecule has 0 bridgehead atoms. The van der Waals surface area contributed by atoms with Crippen molar-refractivity contribution < 1.29 is 14.3 Å². The third-order valence-corrected chi connectivity index (χ3v) is 7.61. The second-order valence-electron chi connectivity index (χ2n) is 8.26. The van der Waals surface area contributed by atoms with Crippen molar-refractivity contribution in [3.8, 4) is 5.75 Å². The number of nitrogens with zero attached hydrogens (tertiary/aromatic N) is 2. The fourth-order valence-corrected chi connectivity index (χ4v) is 5.86. The van der Waals surface area contributed by atoms with Crippen molar-refractivity contribution in [2.24, 2.45) is 4.99 Å². The first-order valence-corrected chi connectivity index (χ1v) is 13.6. The quantitative estimate of drug-likeness (QED) is 0.234. The smallest absolute Gasteiger partial charge is 0.338 e.